The fourth-order valence-corrected chi connectivity index (χ4v) is 1.15. The number of alkyl halides is 3. The van der Waals surface area contributed by atoms with Gasteiger partial charge in [0, 0.05) is 5.69 Å². The molecule has 0 bridgehead atoms. The Hall–Kier alpha value is -2.07. The minimum absolute atomic E-state index is 0.129. The predicted molar refractivity (Wildman–Crippen MR) is 51.9 cm³/mol. The van der Waals surface area contributed by atoms with Gasteiger partial charge in [-0.05, 0) is 18.2 Å². The minimum atomic E-state index is -4.68. The first-order valence-corrected chi connectivity index (χ1v) is 4.40. The highest BCUT2D eigenvalue weighted by atomic mass is 19.4. The molecule has 1 amide bonds. The normalized spacial score (nSPS) is 10.8. The number of amides is 1. The van der Waals surface area contributed by atoms with Crippen LogP contribution in [0.25, 0.3) is 0 Å². The van der Waals surface area contributed by atoms with E-state index in [4.69, 9.17) is 10.4 Å². The van der Waals surface area contributed by atoms with Gasteiger partial charge in [0.15, 0.2) is 0 Å². The zero-order valence-corrected chi connectivity index (χ0v) is 8.38. The lowest BCUT2D eigenvalue weighted by molar-refractivity contribution is -0.137. The summed E-state index contributed by atoms with van der Waals surface area (Å²) in [7, 11) is 0. The van der Waals surface area contributed by atoms with Crippen molar-refractivity contribution in [2.75, 3.05) is 11.9 Å². The average Bonchev–Trinajstić information content (AvgIpc) is 2.27. The summed E-state index contributed by atoms with van der Waals surface area (Å²) in [6.07, 6.45) is -4.68. The Morgan fingerprint density at radius 3 is 2.59 bits per heavy atom. The molecule has 0 saturated carbocycles. The molecule has 0 aliphatic rings. The number of nitrogens with zero attached hydrogens (tertiary/aromatic N) is 1. The number of aliphatic hydroxyl groups excluding tert-OH is 1. The molecule has 0 atom stereocenters. The van der Waals surface area contributed by atoms with Gasteiger partial charge in [0.2, 0.25) is 5.91 Å². The van der Waals surface area contributed by atoms with Crippen LogP contribution in [0.1, 0.15) is 11.1 Å². The Bertz CT molecular complexity index is 477. The third-order valence-electron chi connectivity index (χ3n) is 1.87. The maximum absolute atomic E-state index is 12.5. The number of halogens is 3. The van der Waals surface area contributed by atoms with Crippen LogP contribution in [0.5, 0.6) is 0 Å². The van der Waals surface area contributed by atoms with E-state index < -0.39 is 29.8 Å². The van der Waals surface area contributed by atoms with E-state index in [9.17, 15) is 18.0 Å². The highest BCUT2D eigenvalue weighted by Crippen LogP contribution is 2.33. The highest BCUT2D eigenvalue weighted by molar-refractivity contribution is 5.91. The van der Waals surface area contributed by atoms with Crippen LogP contribution >= 0.6 is 0 Å². The molecule has 0 heterocycles. The van der Waals surface area contributed by atoms with Crippen molar-refractivity contribution >= 4 is 11.6 Å². The number of nitriles is 1. The van der Waals surface area contributed by atoms with Gasteiger partial charge in [0.1, 0.15) is 6.61 Å². The first-order valence-electron chi connectivity index (χ1n) is 4.40. The molecule has 17 heavy (non-hydrogen) atoms. The number of anilines is 1. The van der Waals surface area contributed by atoms with E-state index in [2.05, 4.69) is 5.32 Å². The summed E-state index contributed by atoms with van der Waals surface area (Å²) < 4.78 is 37.6. The third kappa shape index (κ3) is 3.19. The number of carbonyl (C=O) groups excluding carboxylic acids is 1. The Morgan fingerprint density at radius 2 is 2.12 bits per heavy atom. The summed E-state index contributed by atoms with van der Waals surface area (Å²) in [5.74, 6) is -0.831. The van der Waals surface area contributed by atoms with E-state index >= 15 is 0 Å². The number of carbonyl (C=O) groups is 1. The van der Waals surface area contributed by atoms with Crippen molar-refractivity contribution in [1.82, 2.24) is 0 Å². The third-order valence-corrected chi connectivity index (χ3v) is 1.87. The van der Waals surface area contributed by atoms with Gasteiger partial charge in [-0.2, -0.15) is 18.4 Å². The van der Waals surface area contributed by atoms with Crippen molar-refractivity contribution in [3.8, 4) is 6.07 Å². The highest BCUT2D eigenvalue weighted by Gasteiger charge is 2.33. The van der Waals surface area contributed by atoms with Crippen molar-refractivity contribution in [3.63, 3.8) is 0 Å². The standard InChI is InChI=1S/C10H7F3N2O2/c11-10(12,13)8-3-7(15-9(17)5-16)2-1-6(8)4-14/h1-3,16H,5H2,(H,15,17). The summed E-state index contributed by atoms with van der Waals surface area (Å²) in [6, 6.07) is 4.17. The fourth-order valence-electron chi connectivity index (χ4n) is 1.15. The van der Waals surface area contributed by atoms with Crippen LogP contribution < -0.4 is 5.32 Å². The van der Waals surface area contributed by atoms with Gasteiger partial charge in [0.25, 0.3) is 0 Å². The van der Waals surface area contributed by atoms with Crippen molar-refractivity contribution in [2.24, 2.45) is 0 Å². The van der Waals surface area contributed by atoms with Crippen molar-refractivity contribution < 1.29 is 23.1 Å². The molecule has 1 aromatic carbocycles. The number of hydrogen-bond donors (Lipinski definition) is 2. The summed E-state index contributed by atoms with van der Waals surface area (Å²) in [5, 5.41) is 19.0. The van der Waals surface area contributed by atoms with Crippen LogP contribution in [-0.2, 0) is 11.0 Å². The number of benzene rings is 1. The second-order valence-electron chi connectivity index (χ2n) is 3.08. The lowest BCUT2D eigenvalue weighted by Gasteiger charge is -2.11. The molecule has 0 radical (unpaired) electrons. The number of hydrogen-bond acceptors (Lipinski definition) is 3. The van der Waals surface area contributed by atoms with Gasteiger partial charge < -0.3 is 10.4 Å². The van der Waals surface area contributed by atoms with Crippen molar-refractivity contribution in [2.45, 2.75) is 6.18 Å². The molecular weight excluding hydrogens is 237 g/mol. The summed E-state index contributed by atoms with van der Waals surface area (Å²) in [4.78, 5) is 10.8. The van der Waals surface area contributed by atoms with E-state index in [1.165, 1.54) is 6.07 Å². The molecule has 1 rings (SSSR count). The minimum Gasteiger partial charge on any atom is -0.387 e. The smallest absolute Gasteiger partial charge is 0.387 e. The maximum Gasteiger partial charge on any atom is 0.417 e. The Kier molecular flexibility index (Phi) is 3.70. The summed E-state index contributed by atoms with van der Waals surface area (Å²) >= 11 is 0. The van der Waals surface area contributed by atoms with Crippen LogP contribution in [0.2, 0.25) is 0 Å². The number of aliphatic hydroxyl groups is 1. The maximum atomic E-state index is 12.5. The number of nitrogens with one attached hydrogen (secondary N) is 1. The van der Waals surface area contributed by atoms with E-state index in [1.807, 2.05) is 0 Å². The first kappa shape index (κ1) is 13.0. The average molecular weight is 244 g/mol. The van der Waals surface area contributed by atoms with Crippen molar-refractivity contribution in [1.29, 1.82) is 5.26 Å². The van der Waals surface area contributed by atoms with Crippen LogP contribution in [0.15, 0.2) is 18.2 Å². The predicted octanol–water partition coefficient (Wildman–Crippen LogP) is 1.51. The van der Waals surface area contributed by atoms with Crippen LogP contribution in [0.3, 0.4) is 0 Å². The van der Waals surface area contributed by atoms with E-state index in [-0.39, 0.29) is 5.69 Å². The summed E-state index contributed by atoms with van der Waals surface area (Å²) in [5.41, 5.74) is -1.79. The molecule has 0 saturated heterocycles. The van der Waals surface area contributed by atoms with Gasteiger partial charge in [-0.1, -0.05) is 0 Å². The molecule has 0 aliphatic heterocycles. The SMILES string of the molecule is N#Cc1ccc(NC(=O)CO)cc1C(F)(F)F. The zero-order chi connectivity index (χ0) is 13.1. The summed E-state index contributed by atoms with van der Waals surface area (Å²) in [6.45, 7) is -0.832. The lowest BCUT2D eigenvalue weighted by Crippen LogP contribution is -2.16. The molecule has 4 nitrogen and oxygen atoms in total. The van der Waals surface area contributed by atoms with Gasteiger partial charge >= 0.3 is 6.18 Å². The molecule has 0 unspecified atom stereocenters. The molecule has 0 spiro atoms. The van der Waals surface area contributed by atoms with Crippen LogP contribution in [0, 0.1) is 11.3 Å². The first-order chi connectivity index (χ1) is 7.88. The zero-order valence-electron chi connectivity index (χ0n) is 8.38. The Morgan fingerprint density at radius 1 is 1.47 bits per heavy atom. The van der Waals surface area contributed by atoms with Gasteiger partial charge in [-0.3, -0.25) is 4.79 Å². The second kappa shape index (κ2) is 4.84. The molecule has 90 valence electrons. The van der Waals surface area contributed by atoms with Crippen LogP contribution in [0.4, 0.5) is 18.9 Å². The van der Waals surface area contributed by atoms with Gasteiger partial charge in [0.05, 0.1) is 17.2 Å². The van der Waals surface area contributed by atoms with Gasteiger partial charge in [-0.15, -0.1) is 0 Å². The molecule has 7 heteroatoms. The topological polar surface area (TPSA) is 73.1 Å². The molecule has 2 N–H and O–H groups in total. The fraction of sp³-hybridized carbons (Fsp3) is 0.200. The van der Waals surface area contributed by atoms with Crippen LogP contribution in [-0.4, -0.2) is 17.6 Å². The van der Waals surface area contributed by atoms with Gasteiger partial charge in [-0.25, -0.2) is 0 Å². The Labute approximate surface area is 94.3 Å². The molecule has 0 fully saturated rings. The Balaban J connectivity index is 3.15. The van der Waals surface area contributed by atoms with E-state index in [1.54, 1.807) is 0 Å². The number of rotatable bonds is 2. The molecule has 1 aromatic rings. The lowest BCUT2D eigenvalue weighted by atomic mass is 10.1. The molecule has 0 aromatic heterocycles. The molecular formula is C10H7F3N2O2. The molecule has 0 aliphatic carbocycles. The van der Waals surface area contributed by atoms with E-state index in [0.717, 1.165) is 12.1 Å². The van der Waals surface area contributed by atoms with Crippen molar-refractivity contribution in [3.05, 3.63) is 29.3 Å². The second-order valence-corrected chi connectivity index (χ2v) is 3.08. The largest absolute Gasteiger partial charge is 0.417 e. The van der Waals surface area contributed by atoms with E-state index in [0.29, 0.717) is 6.07 Å². The monoisotopic (exact) mass is 244 g/mol. The quantitative estimate of drug-likeness (QED) is 0.828.